The molecule has 2 N–H and O–H groups in total. The van der Waals surface area contributed by atoms with E-state index in [2.05, 4.69) is 5.32 Å². The summed E-state index contributed by atoms with van der Waals surface area (Å²) in [5.74, 6) is 0. The Morgan fingerprint density at radius 1 is 1.56 bits per heavy atom. The van der Waals surface area contributed by atoms with Gasteiger partial charge in [-0.05, 0) is 31.9 Å². The molecule has 92 valence electrons. The molecule has 0 saturated carbocycles. The van der Waals surface area contributed by atoms with Gasteiger partial charge in [-0.25, -0.2) is 0 Å². The van der Waals surface area contributed by atoms with E-state index in [1.807, 2.05) is 26.8 Å². The lowest BCUT2D eigenvalue weighted by atomic mass is 10.0. The minimum absolute atomic E-state index is 0.0919. The topological polar surface area (TPSA) is 32.3 Å². The van der Waals surface area contributed by atoms with Crippen molar-refractivity contribution in [2.45, 2.75) is 38.8 Å². The predicted molar refractivity (Wildman–Crippen MR) is 71.7 cm³/mol. The third-order valence-corrected chi connectivity index (χ3v) is 4.22. The van der Waals surface area contributed by atoms with Gasteiger partial charge in [-0.3, -0.25) is 0 Å². The van der Waals surface area contributed by atoms with Crippen LogP contribution >= 0.6 is 34.5 Å². The molecule has 0 bridgehead atoms. The average Bonchev–Trinajstić information content (AvgIpc) is 2.54. The van der Waals surface area contributed by atoms with E-state index >= 15 is 0 Å². The van der Waals surface area contributed by atoms with E-state index in [0.29, 0.717) is 21.6 Å². The molecule has 5 heteroatoms. The van der Waals surface area contributed by atoms with E-state index < -0.39 is 5.60 Å². The molecule has 1 heterocycles. The van der Waals surface area contributed by atoms with Gasteiger partial charge in [0.2, 0.25) is 0 Å². The van der Waals surface area contributed by atoms with Gasteiger partial charge < -0.3 is 10.4 Å². The highest BCUT2D eigenvalue weighted by Gasteiger charge is 2.20. The van der Waals surface area contributed by atoms with E-state index in [4.69, 9.17) is 23.2 Å². The predicted octanol–water partition coefficient (Wildman–Crippen LogP) is 3.87. The standard InChI is InChI=1S/C11H17Cl2NOS/c1-4-11(3,15)6-14-7(2)8-5-9(12)16-10(8)13/h5,7,14-15H,4,6H2,1-3H3. The second kappa shape index (κ2) is 5.69. The Morgan fingerprint density at radius 2 is 2.19 bits per heavy atom. The number of nitrogens with one attached hydrogen (secondary N) is 1. The number of aliphatic hydroxyl groups is 1. The van der Waals surface area contributed by atoms with Crippen LogP contribution in [-0.2, 0) is 0 Å². The van der Waals surface area contributed by atoms with Gasteiger partial charge in [0.15, 0.2) is 0 Å². The summed E-state index contributed by atoms with van der Waals surface area (Å²) in [6, 6.07) is 1.96. The zero-order valence-corrected chi connectivity index (χ0v) is 12.0. The van der Waals surface area contributed by atoms with Gasteiger partial charge >= 0.3 is 0 Å². The van der Waals surface area contributed by atoms with Gasteiger partial charge in [0, 0.05) is 12.6 Å². The molecule has 0 aliphatic carbocycles. The minimum atomic E-state index is -0.680. The normalized spacial score (nSPS) is 17.1. The Labute approximate surface area is 111 Å². The van der Waals surface area contributed by atoms with Crippen molar-refractivity contribution in [2.24, 2.45) is 0 Å². The Hall–Kier alpha value is 0.200. The van der Waals surface area contributed by atoms with E-state index in [0.717, 1.165) is 5.56 Å². The summed E-state index contributed by atoms with van der Waals surface area (Å²) >= 11 is 13.3. The van der Waals surface area contributed by atoms with Gasteiger partial charge in [0.25, 0.3) is 0 Å². The number of thiophene rings is 1. The van der Waals surface area contributed by atoms with E-state index in [1.54, 1.807) is 0 Å². The molecule has 2 atom stereocenters. The molecule has 2 nitrogen and oxygen atoms in total. The van der Waals surface area contributed by atoms with Gasteiger partial charge in [-0.15, -0.1) is 11.3 Å². The van der Waals surface area contributed by atoms with Crippen LogP contribution < -0.4 is 5.32 Å². The molecule has 0 aliphatic rings. The van der Waals surface area contributed by atoms with Crippen molar-refractivity contribution < 1.29 is 5.11 Å². The Morgan fingerprint density at radius 3 is 2.62 bits per heavy atom. The van der Waals surface area contributed by atoms with Crippen molar-refractivity contribution in [1.82, 2.24) is 5.32 Å². The van der Waals surface area contributed by atoms with Crippen molar-refractivity contribution in [2.75, 3.05) is 6.54 Å². The van der Waals surface area contributed by atoms with Gasteiger partial charge in [-0.2, -0.15) is 0 Å². The van der Waals surface area contributed by atoms with Crippen LogP contribution in [0.1, 0.15) is 38.8 Å². The highest BCUT2D eigenvalue weighted by atomic mass is 35.5. The number of hydrogen-bond donors (Lipinski definition) is 2. The number of rotatable bonds is 5. The van der Waals surface area contributed by atoms with E-state index in [9.17, 15) is 5.11 Å². The van der Waals surface area contributed by atoms with Gasteiger partial charge in [-0.1, -0.05) is 30.1 Å². The third kappa shape index (κ3) is 3.90. The SMILES string of the molecule is CCC(C)(O)CNC(C)c1cc(Cl)sc1Cl. The third-order valence-electron chi connectivity index (χ3n) is 2.70. The molecular formula is C11H17Cl2NOS. The smallest absolute Gasteiger partial charge is 0.0991 e. The van der Waals surface area contributed by atoms with Crippen molar-refractivity contribution in [3.05, 3.63) is 20.3 Å². The fourth-order valence-corrected chi connectivity index (χ4v) is 2.90. The van der Waals surface area contributed by atoms with Crippen LogP contribution in [0.5, 0.6) is 0 Å². The van der Waals surface area contributed by atoms with Crippen LogP contribution in [0, 0.1) is 0 Å². The zero-order valence-electron chi connectivity index (χ0n) is 9.68. The summed E-state index contributed by atoms with van der Waals surface area (Å²) < 4.78 is 1.40. The first-order chi connectivity index (χ1) is 7.35. The quantitative estimate of drug-likeness (QED) is 0.859. The highest BCUT2D eigenvalue weighted by molar-refractivity contribution is 7.20. The second-order valence-electron chi connectivity index (χ2n) is 4.23. The van der Waals surface area contributed by atoms with E-state index in [-0.39, 0.29) is 6.04 Å². The summed E-state index contributed by atoms with van der Waals surface area (Å²) in [7, 11) is 0. The fraction of sp³-hybridized carbons (Fsp3) is 0.636. The van der Waals surface area contributed by atoms with Crippen molar-refractivity contribution >= 4 is 34.5 Å². The lowest BCUT2D eigenvalue weighted by molar-refractivity contribution is 0.0534. The van der Waals surface area contributed by atoms with Crippen LogP contribution in [0.25, 0.3) is 0 Å². The zero-order chi connectivity index (χ0) is 12.3. The summed E-state index contributed by atoms with van der Waals surface area (Å²) in [6.07, 6.45) is 0.713. The lowest BCUT2D eigenvalue weighted by Gasteiger charge is -2.24. The summed E-state index contributed by atoms with van der Waals surface area (Å²) in [5, 5.41) is 13.1. The van der Waals surface area contributed by atoms with Gasteiger partial charge in [0.05, 0.1) is 14.3 Å². The first-order valence-electron chi connectivity index (χ1n) is 5.26. The maximum Gasteiger partial charge on any atom is 0.0991 e. The number of halogens is 2. The number of hydrogen-bond acceptors (Lipinski definition) is 3. The molecule has 0 aromatic carbocycles. The minimum Gasteiger partial charge on any atom is -0.389 e. The summed E-state index contributed by atoms with van der Waals surface area (Å²) in [6.45, 7) is 6.32. The maximum atomic E-state index is 9.87. The highest BCUT2D eigenvalue weighted by Crippen LogP contribution is 2.34. The lowest BCUT2D eigenvalue weighted by Crippen LogP contribution is -2.38. The maximum absolute atomic E-state index is 9.87. The van der Waals surface area contributed by atoms with Gasteiger partial charge in [0.1, 0.15) is 0 Å². The molecule has 1 aromatic heterocycles. The Bertz CT molecular complexity index is 352. The Balaban J connectivity index is 2.59. The van der Waals surface area contributed by atoms with Crippen LogP contribution in [0.2, 0.25) is 8.67 Å². The second-order valence-corrected chi connectivity index (χ2v) is 6.52. The monoisotopic (exact) mass is 281 g/mol. The molecule has 1 aromatic rings. The van der Waals surface area contributed by atoms with Crippen LogP contribution in [0.3, 0.4) is 0 Å². The van der Waals surface area contributed by atoms with E-state index in [1.165, 1.54) is 11.3 Å². The van der Waals surface area contributed by atoms with Crippen LogP contribution in [-0.4, -0.2) is 17.3 Å². The molecule has 2 unspecified atom stereocenters. The summed E-state index contributed by atoms with van der Waals surface area (Å²) in [4.78, 5) is 0. The molecule has 0 saturated heterocycles. The molecule has 0 fully saturated rings. The Kier molecular flexibility index (Phi) is 5.08. The molecule has 0 aliphatic heterocycles. The fourth-order valence-electron chi connectivity index (χ4n) is 1.26. The molecular weight excluding hydrogens is 265 g/mol. The van der Waals surface area contributed by atoms with Crippen LogP contribution in [0.15, 0.2) is 6.07 Å². The van der Waals surface area contributed by atoms with Crippen molar-refractivity contribution in [1.29, 1.82) is 0 Å². The molecule has 16 heavy (non-hydrogen) atoms. The largest absolute Gasteiger partial charge is 0.389 e. The first-order valence-corrected chi connectivity index (χ1v) is 6.83. The summed E-state index contributed by atoms with van der Waals surface area (Å²) in [5.41, 5.74) is 0.309. The molecule has 1 rings (SSSR count). The van der Waals surface area contributed by atoms with Crippen LogP contribution in [0.4, 0.5) is 0 Å². The van der Waals surface area contributed by atoms with Crippen molar-refractivity contribution in [3.63, 3.8) is 0 Å². The molecule has 0 radical (unpaired) electrons. The van der Waals surface area contributed by atoms with Crippen molar-refractivity contribution in [3.8, 4) is 0 Å². The molecule has 0 spiro atoms. The molecule has 0 amide bonds. The average molecular weight is 282 g/mol. The first kappa shape index (κ1) is 14.3.